The normalized spacial score (nSPS) is 10.0. The van der Waals surface area contributed by atoms with E-state index in [0.717, 1.165) is 6.20 Å². The van der Waals surface area contributed by atoms with Gasteiger partial charge in [0, 0.05) is 0 Å². The van der Waals surface area contributed by atoms with Crippen molar-refractivity contribution in [2.75, 3.05) is 0 Å². The molecule has 0 aliphatic rings. The monoisotopic (exact) mass is 221 g/mol. The second kappa shape index (κ2) is 4.39. The van der Waals surface area contributed by atoms with Crippen LogP contribution in [-0.4, -0.2) is 26.0 Å². The van der Waals surface area contributed by atoms with Gasteiger partial charge in [-0.1, -0.05) is 0 Å². The number of aromatic carboxylic acids is 1. The largest absolute Gasteiger partial charge is 0.476 e. The summed E-state index contributed by atoms with van der Waals surface area (Å²) in [4.78, 5) is 21.7. The van der Waals surface area contributed by atoms with Crippen LogP contribution in [0.15, 0.2) is 29.3 Å². The second-order valence-corrected chi connectivity index (χ2v) is 2.76. The summed E-state index contributed by atoms with van der Waals surface area (Å²) in [6.45, 7) is 0.119. The first-order valence-electron chi connectivity index (χ1n) is 4.32. The maximum Gasteiger partial charge on any atom is 0.356 e. The Labute approximate surface area is 89.7 Å². The first-order chi connectivity index (χ1) is 7.75. The molecule has 82 valence electrons. The molecule has 2 aromatic heterocycles. The summed E-state index contributed by atoms with van der Waals surface area (Å²) in [6, 6.07) is 0. The van der Waals surface area contributed by atoms with Gasteiger partial charge in [0.05, 0.1) is 18.6 Å². The van der Waals surface area contributed by atoms with Crippen molar-refractivity contribution in [3.63, 3.8) is 0 Å². The number of rotatable bonds is 4. The number of ether oxygens (including phenoxy) is 1. The van der Waals surface area contributed by atoms with Crippen molar-refractivity contribution in [2.45, 2.75) is 6.61 Å². The number of aromatic nitrogens is 3. The quantitative estimate of drug-likeness (QED) is 0.812. The molecule has 0 saturated carbocycles. The third-order valence-corrected chi connectivity index (χ3v) is 1.67. The Kier molecular flexibility index (Phi) is 2.77. The van der Waals surface area contributed by atoms with Crippen LogP contribution in [0.2, 0.25) is 0 Å². The number of hydrogen-bond acceptors (Lipinski definition) is 6. The summed E-state index contributed by atoms with van der Waals surface area (Å²) in [5.74, 6) is -0.515. The standard InChI is InChI=1S/C9H7N3O4/c13-9(14)6-3-12-7(4-11-6)16-5-8-10-1-2-15-8/h1-4H,5H2,(H,13,14). The van der Waals surface area contributed by atoms with Gasteiger partial charge in [0.1, 0.15) is 6.26 Å². The van der Waals surface area contributed by atoms with Crippen molar-refractivity contribution in [1.82, 2.24) is 15.0 Å². The molecular weight excluding hydrogens is 214 g/mol. The van der Waals surface area contributed by atoms with Crippen LogP contribution in [0.5, 0.6) is 5.88 Å². The maximum atomic E-state index is 10.5. The first-order valence-corrected chi connectivity index (χ1v) is 4.32. The van der Waals surface area contributed by atoms with Gasteiger partial charge in [-0.3, -0.25) is 0 Å². The molecule has 7 nitrogen and oxygen atoms in total. The van der Waals surface area contributed by atoms with Crippen LogP contribution < -0.4 is 4.74 Å². The van der Waals surface area contributed by atoms with Crippen LogP contribution in [0.1, 0.15) is 16.4 Å². The molecule has 0 aromatic carbocycles. The molecule has 2 rings (SSSR count). The van der Waals surface area contributed by atoms with E-state index in [1.54, 1.807) is 0 Å². The summed E-state index contributed by atoms with van der Waals surface area (Å²) in [6.07, 6.45) is 5.27. The van der Waals surface area contributed by atoms with Gasteiger partial charge in [-0.2, -0.15) is 0 Å². The number of carbonyl (C=O) groups is 1. The Morgan fingerprint density at radius 1 is 1.38 bits per heavy atom. The lowest BCUT2D eigenvalue weighted by molar-refractivity contribution is 0.0689. The zero-order valence-corrected chi connectivity index (χ0v) is 8.03. The van der Waals surface area contributed by atoms with E-state index in [-0.39, 0.29) is 18.2 Å². The highest BCUT2D eigenvalue weighted by atomic mass is 16.5. The predicted molar refractivity (Wildman–Crippen MR) is 49.8 cm³/mol. The second-order valence-electron chi connectivity index (χ2n) is 2.76. The summed E-state index contributed by atoms with van der Waals surface area (Å²) in [7, 11) is 0. The molecule has 0 amide bonds. The van der Waals surface area contributed by atoms with Crippen molar-refractivity contribution >= 4 is 5.97 Å². The fourth-order valence-electron chi connectivity index (χ4n) is 0.961. The summed E-state index contributed by atoms with van der Waals surface area (Å²) in [5.41, 5.74) is -0.136. The van der Waals surface area contributed by atoms with Gasteiger partial charge in [-0.15, -0.1) is 0 Å². The molecule has 0 spiro atoms. The molecule has 7 heteroatoms. The topological polar surface area (TPSA) is 98.3 Å². The number of hydrogen-bond donors (Lipinski definition) is 1. The number of carboxylic acid groups (broad SMARTS) is 1. The summed E-state index contributed by atoms with van der Waals surface area (Å²) < 4.78 is 10.1. The zero-order chi connectivity index (χ0) is 11.4. The Hall–Kier alpha value is -2.44. The molecule has 0 aliphatic heterocycles. The van der Waals surface area contributed by atoms with Crippen molar-refractivity contribution in [3.8, 4) is 5.88 Å². The van der Waals surface area contributed by atoms with E-state index in [4.69, 9.17) is 14.3 Å². The molecule has 1 N–H and O–H groups in total. The summed E-state index contributed by atoms with van der Waals surface area (Å²) >= 11 is 0. The molecule has 16 heavy (non-hydrogen) atoms. The average Bonchev–Trinajstić information content (AvgIpc) is 2.80. The van der Waals surface area contributed by atoms with Gasteiger partial charge in [-0.05, 0) is 0 Å². The van der Waals surface area contributed by atoms with Crippen LogP contribution in [0, 0.1) is 0 Å². The third-order valence-electron chi connectivity index (χ3n) is 1.67. The van der Waals surface area contributed by atoms with Crippen molar-refractivity contribution in [3.05, 3.63) is 36.4 Å². The molecule has 0 unspecified atom stereocenters. The highest BCUT2D eigenvalue weighted by molar-refractivity contribution is 5.84. The molecule has 2 heterocycles. The van der Waals surface area contributed by atoms with E-state index in [1.165, 1.54) is 18.7 Å². The molecule has 0 atom stereocenters. The van der Waals surface area contributed by atoms with Gasteiger partial charge in [0.25, 0.3) is 0 Å². The maximum absolute atomic E-state index is 10.5. The number of oxazole rings is 1. The lowest BCUT2D eigenvalue weighted by Gasteiger charge is -2.01. The van der Waals surface area contributed by atoms with E-state index in [2.05, 4.69) is 15.0 Å². The molecule has 0 fully saturated rings. The fraction of sp³-hybridized carbons (Fsp3) is 0.111. The van der Waals surface area contributed by atoms with E-state index in [9.17, 15) is 4.79 Å². The van der Waals surface area contributed by atoms with Crippen LogP contribution in [-0.2, 0) is 6.61 Å². The van der Waals surface area contributed by atoms with E-state index in [1.807, 2.05) is 0 Å². The lowest BCUT2D eigenvalue weighted by atomic mass is 10.5. The third kappa shape index (κ3) is 2.32. The molecule has 0 saturated heterocycles. The van der Waals surface area contributed by atoms with Gasteiger partial charge in [0.15, 0.2) is 12.3 Å². The van der Waals surface area contributed by atoms with Gasteiger partial charge in [-0.25, -0.2) is 19.7 Å². The minimum atomic E-state index is -1.13. The lowest BCUT2D eigenvalue weighted by Crippen LogP contribution is -2.03. The average molecular weight is 221 g/mol. The SMILES string of the molecule is O=C(O)c1cnc(OCc2ncco2)cn1. The van der Waals surface area contributed by atoms with Gasteiger partial charge >= 0.3 is 5.97 Å². The van der Waals surface area contributed by atoms with Crippen molar-refractivity contribution in [1.29, 1.82) is 0 Å². The number of carboxylic acids is 1. The summed E-state index contributed by atoms with van der Waals surface area (Å²) in [5, 5.41) is 8.59. The zero-order valence-electron chi connectivity index (χ0n) is 8.03. The predicted octanol–water partition coefficient (Wildman–Crippen LogP) is 0.742. The van der Waals surface area contributed by atoms with Crippen LogP contribution in [0.4, 0.5) is 0 Å². The minimum Gasteiger partial charge on any atom is -0.476 e. The molecule has 0 aliphatic carbocycles. The minimum absolute atomic E-state index is 0.119. The van der Waals surface area contributed by atoms with Crippen LogP contribution in [0.3, 0.4) is 0 Å². The van der Waals surface area contributed by atoms with Gasteiger partial charge < -0.3 is 14.3 Å². The fourth-order valence-corrected chi connectivity index (χ4v) is 0.961. The first kappa shape index (κ1) is 10.1. The molecule has 2 aromatic rings. The van der Waals surface area contributed by atoms with Gasteiger partial charge in [0.2, 0.25) is 11.8 Å². The Bertz CT molecular complexity index is 466. The Balaban J connectivity index is 1.98. The van der Waals surface area contributed by atoms with E-state index < -0.39 is 5.97 Å². The van der Waals surface area contributed by atoms with Crippen LogP contribution >= 0.6 is 0 Å². The Morgan fingerprint density at radius 3 is 2.81 bits per heavy atom. The smallest absolute Gasteiger partial charge is 0.356 e. The van der Waals surface area contributed by atoms with E-state index >= 15 is 0 Å². The molecule has 0 radical (unpaired) electrons. The van der Waals surface area contributed by atoms with Crippen LogP contribution in [0.25, 0.3) is 0 Å². The van der Waals surface area contributed by atoms with Crippen molar-refractivity contribution in [2.24, 2.45) is 0 Å². The molecular formula is C9H7N3O4. The highest BCUT2D eigenvalue weighted by Gasteiger charge is 2.06. The van der Waals surface area contributed by atoms with Crippen molar-refractivity contribution < 1.29 is 19.1 Å². The molecule has 0 bridgehead atoms. The Morgan fingerprint density at radius 2 is 2.25 bits per heavy atom. The van der Waals surface area contributed by atoms with E-state index in [0.29, 0.717) is 5.89 Å². The number of nitrogens with zero attached hydrogens (tertiary/aromatic N) is 3. The highest BCUT2D eigenvalue weighted by Crippen LogP contribution is 2.06.